The Balaban J connectivity index is 2.19. The van der Waals surface area contributed by atoms with Crippen LogP contribution in [0.25, 0.3) is 0 Å². The SMILES string of the molecule is Cc1nnc(Sc2csc(C(=O)O)c2)nc1C. The van der Waals surface area contributed by atoms with Crippen LogP contribution >= 0.6 is 23.1 Å². The fraction of sp³-hybridized carbons (Fsp3) is 0.200. The quantitative estimate of drug-likeness (QED) is 0.920. The van der Waals surface area contributed by atoms with Gasteiger partial charge in [-0.15, -0.1) is 16.4 Å². The zero-order chi connectivity index (χ0) is 12.4. The van der Waals surface area contributed by atoms with Crippen LogP contribution in [0.5, 0.6) is 0 Å². The van der Waals surface area contributed by atoms with Gasteiger partial charge in [0.2, 0.25) is 5.16 Å². The van der Waals surface area contributed by atoms with Gasteiger partial charge in [0.1, 0.15) is 4.88 Å². The summed E-state index contributed by atoms with van der Waals surface area (Å²) in [5.41, 5.74) is 1.63. The molecule has 0 aromatic carbocycles. The van der Waals surface area contributed by atoms with Crippen LogP contribution in [0.3, 0.4) is 0 Å². The first kappa shape index (κ1) is 12.0. The van der Waals surface area contributed by atoms with Gasteiger partial charge in [-0.2, -0.15) is 5.10 Å². The first-order chi connectivity index (χ1) is 8.06. The van der Waals surface area contributed by atoms with E-state index in [1.54, 1.807) is 11.4 Å². The van der Waals surface area contributed by atoms with Crippen LogP contribution in [0.2, 0.25) is 0 Å². The molecule has 0 unspecified atom stereocenters. The molecule has 0 fully saturated rings. The molecule has 2 rings (SSSR count). The summed E-state index contributed by atoms with van der Waals surface area (Å²) in [6.45, 7) is 3.71. The summed E-state index contributed by atoms with van der Waals surface area (Å²) >= 11 is 2.50. The van der Waals surface area contributed by atoms with Gasteiger partial charge < -0.3 is 5.11 Å². The lowest BCUT2D eigenvalue weighted by Crippen LogP contribution is -1.97. The molecule has 0 bridgehead atoms. The Morgan fingerprint density at radius 1 is 1.35 bits per heavy atom. The van der Waals surface area contributed by atoms with E-state index in [1.807, 2.05) is 13.8 Å². The average molecular weight is 267 g/mol. The molecule has 0 saturated carbocycles. The minimum atomic E-state index is -0.916. The summed E-state index contributed by atoms with van der Waals surface area (Å²) in [5, 5.41) is 19.0. The molecule has 17 heavy (non-hydrogen) atoms. The van der Waals surface area contributed by atoms with Gasteiger partial charge in [-0.05, 0) is 31.7 Å². The van der Waals surface area contributed by atoms with Gasteiger partial charge in [-0.1, -0.05) is 0 Å². The number of nitrogens with zero attached hydrogens (tertiary/aromatic N) is 3. The van der Waals surface area contributed by atoms with Gasteiger partial charge in [0.05, 0.1) is 11.4 Å². The number of hydrogen-bond acceptors (Lipinski definition) is 6. The van der Waals surface area contributed by atoms with E-state index in [1.165, 1.54) is 23.1 Å². The molecule has 0 saturated heterocycles. The van der Waals surface area contributed by atoms with Crippen molar-refractivity contribution in [1.82, 2.24) is 15.2 Å². The van der Waals surface area contributed by atoms with Crippen molar-refractivity contribution in [3.63, 3.8) is 0 Å². The monoisotopic (exact) mass is 267 g/mol. The lowest BCUT2D eigenvalue weighted by Gasteiger charge is -1.99. The highest BCUT2D eigenvalue weighted by atomic mass is 32.2. The number of aromatic carboxylic acids is 1. The Hall–Kier alpha value is -1.47. The molecule has 2 heterocycles. The standard InChI is InChI=1S/C10H9N3O2S2/c1-5-6(2)12-13-10(11-5)17-7-3-8(9(14)15)16-4-7/h3-4H,1-2H3,(H,14,15). The van der Waals surface area contributed by atoms with Crippen molar-refractivity contribution in [2.75, 3.05) is 0 Å². The number of carboxylic acids is 1. The van der Waals surface area contributed by atoms with E-state index in [0.29, 0.717) is 10.0 Å². The second-order valence-electron chi connectivity index (χ2n) is 3.32. The molecule has 0 spiro atoms. The average Bonchev–Trinajstić information content (AvgIpc) is 2.72. The topological polar surface area (TPSA) is 76.0 Å². The van der Waals surface area contributed by atoms with Crippen LogP contribution in [0, 0.1) is 13.8 Å². The maximum absolute atomic E-state index is 10.7. The minimum Gasteiger partial charge on any atom is -0.477 e. The zero-order valence-electron chi connectivity index (χ0n) is 9.17. The minimum absolute atomic E-state index is 0.310. The van der Waals surface area contributed by atoms with Crippen molar-refractivity contribution < 1.29 is 9.90 Å². The van der Waals surface area contributed by atoms with E-state index in [4.69, 9.17) is 5.11 Å². The van der Waals surface area contributed by atoms with Crippen molar-refractivity contribution in [2.45, 2.75) is 23.9 Å². The van der Waals surface area contributed by atoms with Crippen LogP contribution in [0.4, 0.5) is 0 Å². The highest BCUT2D eigenvalue weighted by Gasteiger charge is 2.09. The van der Waals surface area contributed by atoms with Crippen LogP contribution < -0.4 is 0 Å². The first-order valence-corrected chi connectivity index (χ1v) is 6.43. The largest absolute Gasteiger partial charge is 0.477 e. The molecule has 7 heteroatoms. The second kappa shape index (κ2) is 4.80. The van der Waals surface area contributed by atoms with Crippen molar-refractivity contribution in [3.05, 3.63) is 27.7 Å². The Morgan fingerprint density at radius 2 is 2.12 bits per heavy atom. The lowest BCUT2D eigenvalue weighted by atomic mass is 10.4. The van der Waals surface area contributed by atoms with Crippen molar-refractivity contribution in [1.29, 1.82) is 0 Å². The Kier molecular flexibility index (Phi) is 3.39. The summed E-state index contributed by atoms with van der Waals surface area (Å²) in [5.74, 6) is -0.916. The summed E-state index contributed by atoms with van der Waals surface area (Å²) in [6.07, 6.45) is 0. The molecule has 2 aromatic heterocycles. The fourth-order valence-corrected chi connectivity index (χ4v) is 2.74. The number of rotatable bonds is 3. The third-order valence-electron chi connectivity index (χ3n) is 2.07. The molecule has 0 aliphatic carbocycles. The van der Waals surface area contributed by atoms with Crippen LogP contribution in [0.1, 0.15) is 21.1 Å². The van der Waals surface area contributed by atoms with Crippen LogP contribution in [-0.2, 0) is 0 Å². The third kappa shape index (κ3) is 2.80. The molecule has 5 nitrogen and oxygen atoms in total. The number of hydrogen-bond donors (Lipinski definition) is 1. The summed E-state index contributed by atoms with van der Waals surface area (Å²) in [7, 11) is 0. The molecule has 0 aliphatic heterocycles. The van der Waals surface area contributed by atoms with Gasteiger partial charge in [-0.3, -0.25) is 0 Å². The second-order valence-corrected chi connectivity index (χ2v) is 5.27. The van der Waals surface area contributed by atoms with E-state index in [9.17, 15) is 4.79 Å². The summed E-state index contributed by atoms with van der Waals surface area (Å²) < 4.78 is 0. The molecule has 1 N–H and O–H groups in total. The number of carboxylic acid groups (broad SMARTS) is 1. The van der Waals surface area contributed by atoms with Crippen molar-refractivity contribution in [3.8, 4) is 0 Å². The summed E-state index contributed by atoms with van der Waals surface area (Å²) in [4.78, 5) is 16.1. The zero-order valence-corrected chi connectivity index (χ0v) is 10.8. The third-order valence-corrected chi connectivity index (χ3v) is 3.96. The van der Waals surface area contributed by atoms with Crippen molar-refractivity contribution in [2.24, 2.45) is 0 Å². The molecule has 2 aromatic rings. The molecular formula is C10H9N3O2S2. The van der Waals surface area contributed by atoms with E-state index in [-0.39, 0.29) is 0 Å². The predicted molar refractivity (Wildman–Crippen MR) is 64.7 cm³/mol. The molecule has 0 aliphatic rings. The number of carbonyl (C=O) groups is 1. The first-order valence-electron chi connectivity index (χ1n) is 4.74. The van der Waals surface area contributed by atoms with Crippen LogP contribution in [0.15, 0.2) is 21.5 Å². The van der Waals surface area contributed by atoms with Crippen molar-refractivity contribution >= 4 is 29.1 Å². The Labute approximate surface area is 106 Å². The number of aromatic nitrogens is 3. The predicted octanol–water partition coefficient (Wildman–Crippen LogP) is 2.40. The number of aryl methyl sites for hydroxylation is 2. The highest BCUT2D eigenvalue weighted by Crippen LogP contribution is 2.29. The van der Waals surface area contributed by atoms with Crippen LogP contribution in [-0.4, -0.2) is 26.3 Å². The number of thiophene rings is 1. The van der Waals surface area contributed by atoms with E-state index in [2.05, 4.69) is 15.2 Å². The highest BCUT2D eigenvalue weighted by molar-refractivity contribution is 7.99. The lowest BCUT2D eigenvalue weighted by molar-refractivity contribution is 0.0702. The maximum Gasteiger partial charge on any atom is 0.345 e. The molecule has 88 valence electrons. The molecule has 0 amide bonds. The van der Waals surface area contributed by atoms with Gasteiger partial charge in [0, 0.05) is 10.3 Å². The molecule has 0 atom stereocenters. The fourth-order valence-electron chi connectivity index (χ4n) is 1.07. The van der Waals surface area contributed by atoms with Gasteiger partial charge in [0.25, 0.3) is 0 Å². The van der Waals surface area contributed by atoms with E-state index >= 15 is 0 Å². The Bertz CT molecular complexity index is 568. The van der Waals surface area contributed by atoms with Gasteiger partial charge >= 0.3 is 5.97 Å². The molecular weight excluding hydrogens is 258 g/mol. The summed E-state index contributed by atoms with van der Waals surface area (Å²) in [6, 6.07) is 1.61. The molecule has 0 radical (unpaired) electrons. The van der Waals surface area contributed by atoms with E-state index < -0.39 is 5.97 Å². The maximum atomic E-state index is 10.7. The Morgan fingerprint density at radius 3 is 2.71 bits per heavy atom. The van der Waals surface area contributed by atoms with Gasteiger partial charge in [0.15, 0.2) is 0 Å². The van der Waals surface area contributed by atoms with Gasteiger partial charge in [-0.25, -0.2) is 9.78 Å². The van der Waals surface area contributed by atoms with E-state index in [0.717, 1.165) is 16.3 Å². The normalized spacial score (nSPS) is 10.5. The smallest absolute Gasteiger partial charge is 0.345 e.